The van der Waals surface area contributed by atoms with Crippen LogP contribution in [0.15, 0.2) is 42.6 Å². The molecule has 0 atom stereocenters. The number of unbranched alkanes of at least 4 members (excludes halogenated alkanes) is 4. The number of allylic oxidation sites excluding steroid dienone is 2. The van der Waals surface area contributed by atoms with Crippen LogP contribution in [0.4, 0.5) is 0 Å². The third-order valence-corrected chi connectivity index (χ3v) is 3.27. The monoisotopic (exact) mass is 576 g/mol. The van der Waals surface area contributed by atoms with Crippen LogP contribution in [0.25, 0.3) is 0 Å². The summed E-state index contributed by atoms with van der Waals surface area (Å²) < 4.78 is 0. The van der Waals surface area contributed by atoms with Gasteiger partial charge in [0.15, 0.2) is 0 Å². The van der Waals surface area contributed by atoms with Crippen molar-refractivity contribution in [2.75, 3.05) is 27.7 Å². The van der Waals surface area contributed by atoms with Gasteiger partial charge in [-0.2, -0.15) is 0 Å². The molecule has 0 aliphatic carbocycles. The summed E-state index contributed by atoms with van der Waals surface area (Å²) in [6.45, 7) is 44.4. The normalized spacial score (nSPS) is 7.67. The fraction of sp³-hybridized carbons (Fsp3) is 0.811. The highest BCUT2D eigenvalue weighted by Crippen LogP contribution is 1.96. The fourth-order valence-electron chi connectivity index (χ4n) is 1.04. The maximum Gasteiger partial charge on any atom is 0.0899 e. The zero-order chi connectivity index (χ0) is 34.5. The molecule has 0 radical (unpaired) electrons. The fourth-order valence-corrected chi connectivity index (χ4v) is 1.04. The zero-order valence-electron chi connectivity index (χ0n) is 32.5. The van der Waals surface area contributed by atoms with E-state index in [-0.39, 0.29) is 0 Å². The van der Waals surface area contributed by atoms with Crippen molar-refractivity contribution in [1.29, 1.82) is 0 Å². The Hall–Kier alpha value is -1.35. The Morgan fingerprint density at radius 3 is 1.07 bits per heavy atom. The smallest absolute Gasteiger partial charge is 0.0899 e. The second kappa shape index (κ2) is 119. The standard InChI is InChI=1S/C6H12N2.C6H12.C5H12.2C4H10.C3H9N.C3H8.2C2H6.C2H4/c1-4-5-7-6-8(2)3;1-4-5-6(2)3;1-3-5-4-2;3*1-3-4-2;1-3-2;3*1-2/h4-6H,1-3H3;2,4-5H2,1,3H3;3-5H2,1-2H3;2*3-4H2,1-2H3;4H,3H2,1-2H3;3H2,1-2H3;2*1-2H3;1-2H2/b5-4+,7-6?;;;;;;;;;. The van der Waals surface area contributed by atoms with Gasteiger partial charge in [-0.3, -0.25) is 0 Å². The molecule has 0 saturated heterocycles. The highest BCUT2D eigenvalue weighted by molar-refractivity contribution is 5.54. The summed E-state index contributed by atoms with van der Waals surface area (Å²) in [5, 5.41) is 2.93. The van der Waals surface area contributed by atoms with Gasteiger partial charge < -0.3 is 10.2 Å². The van der Waals surface area contributed by atoms with E-state index in [0.717, 1.165) is 6.54 Å². The van der Waals surface area contributed by atoms with Crippen molar-refractivity contribution in [1.82, 2.24) is 10.2 Å². The van der Waals surface area contributed by atoms with Crippen LogP contribution in [-0.2, 0) is 0 Å². The highest BCUT2D eigenvalue weighted by atomic mass is 15.1. The van der Waals surface area contributed by atoms with Gasteiger partial charge in [0.05, 0.1) is 6.34 Å². The summed E-state index contributed by atoms with van der Waals surface area (Å²) in [6.07, 6.45) is 18.4. The molecule has 40 heavy (non-hydrogen) atoms. The van der Waals surface area contributed by atoms with E-state index in [4.69, 9.17) is 0 Å². The van der Waals surface area contributed by atoms with E-state index in [1.54, 1.807) is 12.5 Å². The van der Waals surface area contributed by atoms with Crippen molar-refractivity contribution in [2.24, 2.45) is 4.99 Å². The molecule has 0 aromatic carbocycles. The van der Waals surface area contributed by atoms with E-state index < -0.39 is 0 Å². The number of aliphatic imine (C=N–C) groups is 1. The van der Waals surface area contributed by atoms with Gasteiger partial charge in [0.2, 0.25) is 0 Å². The zero-order valence-corrected chi connectivity index (χ0v) is 32.5. The van der Waals surface area contributed by atoms with Crippen molar-refractivity contribution in [3.63, 3.8) is 0 Å². The minimum absolute atomic E-state index is 1.07. The van der Waals surface area contributed by atoms with Gasteiger partial charge in [-0.05, 0) is 33.9 Å². The van der Waals surface area contributed by atoms with Crippen molar-refractivity contribution >= 4 is 6.34 Å². The van der Waals surface area contributed by atoms with Gasteiger partial charge in [-0.15, -0.1) is 19.7 Å². The molecule has 0 aliphatic heterocycles. The Morgan fingerprint density at radius 1 is 0.700 bits per heavy atom. The molecule has 0 fully saturated rings. The third-order valence-electron chi connectivity index (χ3n) is 3.27. The lowest BCUT2D eigenvalue weighted by atomic mass is 10.2. The second-order valence-corrected chi connectivity index (χ2v) is 8.19. The summed E-state index contributed by atoms with van der Waals surface area (Å²) in [5.41, 5.74) is 1.29. The Morgan fingerprint density at radius 2 is 1.00 bits per heavy atom. The van der Waals surface area contributed by atoms with Crippen LogP contribution in [0.2, 0.25) is 0 Å². The number of hydrogen-bond donors (Lipinski definition) is 1. The van der Waals surface area contributed by atoms with Gasteiger partial charge in [-0.1, -0.05) is 166 Å². The van der Waals surface area contributed by atoms with Crippen LogP contribution in [0.5, 0.6) is 0 Å². The maximum absolute atomic E-state index is 3.91. The van der Waals surface area contributed by atoms with E-state index in [1.165, 1.54) is 69.8 Å². The van der Waals surface area contributed by atoms with Crippen molar-refractivity contribution < 1.29 is 0 Å². The van der Waals surface area contributed by atoms with Gasteiger partial charge in [0, 0.05) is 20.3 Å². The predicted octanol–water partition coefficient (Wildman–Crippen LogP) is 13.8. The van der Waals surface area contributed by atoms with E-state index in [2.05, 4.69) is 106 Å². The highest BCUT2D eigenvalue weighted by Gasteiger charge is 1.76. The van der Waals surface area contributed by atoms with Crippen molar-refractivity contribution in [2.45, 2.75) is 175 Å². The Kier molecular flexibility index (Phi) is 198. The molecule has 0 rings (SSSR count). The topological polar surface area (TPSA) is 27.6 Å². The van der Waals surface area contributed by atoms with E-state index >= 15 is 0 Å². The minimum atomic E-state index is 1.07. The van der Waals surface area contributed by atoms with E-state index in [1.807, 2.05) is 66.7 Å². The Labute approximate surface area is 261 Å². The van der Waals surface area contributed by atoms with Crippen LogP contribution in [0.3, 0.4) is 0 Å². The molecule has 0 amide bonds. The molecule has 3 nitrogen and oxygen atoms in total. The molecule has 252 valence electrons. The van der Waals surface area contributed by atoms with Gasteiger partial charge >= 0.3 is 0 Å². The summed E-state index contributed by atoms with van der Waals surface area (Å²) >= 11 is 0. The largest absolute Gasteiger partial charge is 0.369 e. The first-order valence-corrected chi connectivity index (χ1v) is 16.7. The molecule has 3 heteroatoms. The molecule has 0 saturated carbocycles. The number of rotatable bonds is 9. The summed E-state index contributed by atoms with van der Waals surface area (Å²) in [6, 6.07) is 0. The molecule has 0 aromatic heterocycles. The summed E-state index contributed by atoms with van der Waals surface area (Å²) in [5.74, 6) is 0. The molecule has 0 unspecified atom stereocenters. The predicted molar refractivity (Wildman–Crippen MR) is 203 cm³/mol. The number of nitrogens with one attached hydrogen (secondary N) is 1. The molecule has 0 aromatic rings. The lowest BCUT2D eigenvalue weighted by Crippen LogP contribution is -2.06. The SMILES string of the molecule is C/C=C/N=CN(C)C.C=C.C=C(C)CCC.CC.CC.CCC.CCCC.CCCC.CCCCC.CCNC. The third kappa shape index (κ3) is 343. The Balaban J connectivity index is -0.0000000324. The van der Waals surface area contributed by atoms with Crippen LogP contribution in [-0.4, -0.2) is 38.9 Å². The molecule has 0 heterocycles. The number of hydrogen-bond acceptors (Lipinski definition) is 2. The molecule has 0 aliphatic rings. The minimum Gasteiger partial charge on any atom is -0.369 e. The van der Waals surface area contributed by atoms with Crippen LogP contribution >= 0.6 is 0 Å². The van der Waals surface area contributed by atoms with Crippen LogP contribution < -0.4 is 5.32 Å². The average molecular weight is 576 g/mol. The molecular weight excluding hydrogens is 486 g/mol. The van der Waals surface area contributed by atoms with Crippen molar-refractivity contribution in [3.8, 4) is 0 Å². The molecule has 0 spiro atoms. The van der Waals surface area contributed by atoms with Crippen LogP contribution in [0, 0.1) is 0 Å². The first-order valence-electron chi connectivity index (χ1n) is 16.7. The molecule has 1 N–H and O–H groups in total. The van der Waals surface area contributed by atoms with Crippen LogP contribution in [0.1, 0.15) is 175 Å². The molecular formula is C37H89N3. The van der Waals surface area contributed by atoms with Gasteiger partial charge in [0.1, 0.15) is 0 Å². The van der Waals surface area contributed by atoms with Gasteiger partial charge in [-0.25, -0.2) is 4.99 Å². The van der Waals surface area contributed by atoms with E-state index in [0.29, 0.717) is 0 Å². The second-order valence-electron chi connectivity index (χ2n) is 8.19. The first kappa shape index (κ1) is 66.7. The number of nitrogens with zero attached hydrogens (tertiary/aromatic N) is 2. The Bertz CT molecular complexity index is 304. The lowest BCUT2D eigenvalue weighted by molar-refractivity contribution is 0.643. The maximum atomic E-state index is 3.91. The summed E-state index contributed by atoms with van der Waals surface area (Å²) in [7, 11) is 5.81. The van der Waals surface area contributed by atoms with Crippen molar-refractivity contribution in [3.05, 3.63) is 37.6 Å². The molecule has 0 bridgehead atoms. The quantitative estimate of drug-likeness (QED) is 0.168. The van der Waals surface area contributed by atoms with Gasteiger partial charge in [0.25, 0.3) is 0 Å². The first-order chi connectivity index (χ1) is 19.1. The lowest BCUT2D eigenvalue weighted by Gasteiger charge is -1.98. The summed E-state index contributed by atoms with van der Waals surface area (Å²) in [4.78, 5) is 5.80. The average Bonchev–Trinajstić information content (AvgIpc) is 2.98. The van der Waals surface area contributed by atoms with E-state index in [9.17, 15) is 0 Å².